The van der Waals surface area contributed by atoms with Crippen LogP contribution < -0.4 is 0 Å². The van der Waals surface area contributed by atoms with Gasteiger partial charge in [-0.1, -0.05) is 167 Å². The van der Waals surface area contributed by atoms with E-state index in [0.717, 1.165) is 67.3 Å². The number of carbonyl (C=O) groups is 2. The second kappa shape index (κ2) is 24.9. The van der Waals surface area contributed by atoms with E-state index in [4.69, 9.17) is 0 Å². The summed E-state index contributed by atoms with van der Waals surface area (Å²) in [6.07, 6.45) is 30.8. The van der Waals surface area contributed by atoms with Crippen LogP contribution in [0.25, 0.3) is 16.9 Å². The molecule has 0 saturated heterocycles. The maximum absolute atomic E-state index is 13.3. The van der Waals surface area contributed by atoms with Gasteiger partial charge in [-0.2, -0.15) is 0 Å². The summed E-state index contributed by atoms with van der Waals surface area (Å²) in [6, 6.07) is 15.6. The van der Waals surface area contributed by atoms with Crippen LogP contribution >= 0.6 is 0 Å². The van der Waals surface area contributed by atoms with Crippen LogP contribution in [-0.4, -0.2) is 16.3 Å². The third kappa shape index (κ3) is 14.6. The average Bonchev–Trinajstić information content (AvgIpc) is 3.47. The average molecular weight is 681 g/mol. The maximum atomic E-state index is 13.3. The van der Waals surface area contributed by atoms with Crippen LogP contribution in [-0.2, 0) is 0 Å². The molecule has 3 rings (SSSR count). The van der Waals surface area contributed by atoms with Crippen molar-refractivity contribution in [3.63, 3.8) is 0 Å². The first-order chi connectivity index (χ1) is 24.5. The molecule has 0 unspecified atom stereocenters. The molecule has 0 aliphatic carbocycles. The highest BCUT2D eigenvalue weighted by Crippen LogP contribution is 2.38. The minimum atomic E-state index is 0.170. The molecule has 0 spiro atoms. The fourth-order valence-electron chi connectivity index (χ4n) is 7.17. The van der Waals surface area contributed by atoms with Gasteiger partial charge in [-0.3, -0.25) is 9.59 Å². The first-order valence-corrected chi connectivity index (χ1v) is 20.7. The monoisotopic (exact) mass is 681 g/mol. The summed E-state index contributed by atoms with van der Waals surface area (Å²) in [7, 11) is 0. The Hall–Kier alpha value is -3.14. The SMILES string of the molecule is CCCCCCCCCCCC(=O)c1cccc(C2=CC(CCCCCC)=C(c3cccc(C(=O)CCCCCCCCCCC)c3)[N+]2=[N-])c1. The zero-order valence-electron chi connectivity index (χ0n) is 32.1. The summed E-state index contributed by atoms with van der Waals surface area (Å²) >= 11 is 0. The second-order valence-electron chi connectivity index (χ2n) is 14.7. The van der Waals surface area contributed by atoms with Crippen LogP contribution in [0.2, 0.25) is 0 Å². The normalized spacial score (nSPS) is 12.9. The fraction of sp³-hybridized carbons (Fsp3) is 0.609. The van der Waals surface area contributed by atoms with E-state index in [0.29, 0.717) is 29.7 Å². The minimum absolute atomic E-state index is 0.170. The van der Waals surface area contributed by atoms with Gasteiger partial charge in [-0.25, -0.2) is 4.70 Å². The van der Waals surface area contributed by atoms with E-state index in [9.17, 15) is 15.1 Å². The first kappa shape index (κ1) is 41.3. The van der Waals surface area contributed by atoms with Crippen molar-refractivity contribution >= 4 is 23.0 Å². The fourth-order valence-corrected chi connectivity index (χ4v) is 7.17. The van der Waals surface area contributed by atoms with Gasteiger partial charge in [0.25, 0.3) is 0 Å². The quantitative estimate of drug-likeness (QED) is 0.0488. The zero-order chi connectivity index (χ0) is 35.8. The Bertz CT molecular complexity index is 1380. The summed E-state index contributed by atoms with van der Waals surface area (Å²) in [6.45, 7) is 6.72. The molecular formula is C46H68N2O2. The number of nitrogens with zero attached hydrogens (tertiary/aromatic N) is 2. The lowest BCUT2D eigenvalue weighted by atomic mass is 9.98. The number of hydrogen-bond donors (Lipinski definition) is 0. The van der Waals surface area contributed by atoms with E-state index in [-0.39, 0.29) is 11.6 Å². The van der Waals surface area contributed by atoms with Crippen LogP contribution in [0.1, 0.15) is 213 Å². The van der Waals surface area contributed by atoms with Gasteiger partial charge in [-0.15, -0.1) is 0 Å². The number of Topliss-reactive ketones (excluding diaryl/α,β-unsaturated/α-hetero) is 2. The Morgan fingerprint density at radius 1 is 0.520 bits per heavy atom. The molecule has 0 bridgehead atoms. The topological polar surface area (TPSA) is 59.5 Å². The molecule has 274 valence electrons. The molecule has 0 radical (unpaired) electrons. The van der Waals surface area contributed by atoms with E-state index >= 15 is 0 Å². The van der Waals surface area contributed by atoms with Gasteiger partial charge in [0.1, 0.15) is 0 Å². The van der Waals surface area contributed by atoms with Crippen molar-refractivity contribution in [2.24, 2.45) is 0 Å². The van der Waals surface area contributed by atoms with Gasteiger partial charge >= 0.3 is 0 Å². The van der Waals surface area contributed by atoms with Gasteiger partial charge < -0.3 is 5.53 Å². The summed E-state index contributed by atoms with van der Waals surface area (Å²) in [5, 5.41) is 0. The summed E-state index contributed by atoms with van der Waals surface area (Å²) in [5.74, 6) is 0.345. The Kier molecular flexibility index (Phi) is 20.6. The Labute approximate surface area is 305 Å². The molecule has 0 saturated carbocycles. The van der Waals surface area contributed by atoms with Gasteiger partial charge in [0.2, 0.25) is 11.4 Å². The van der Waals surface area contributed by atoms with Crippen molar-refractivity contribution in [1.82, 2.24) is 0 Å². The number of ketones is 2. The van der Waals surface area contributed by atoms with Gasteiger partial charge in [-0.05, 0) is 49.9 Å². The smallest absolute Gasteiger partial charge is 0.210 e. The molecule has 1 aliphatic heterocycles. The molecule has 4 heteroatoms. The largest absolute Gasteiger partial charge is 0.493 e. The highest BCUT2D eigenvalue weighted by Gasteiger charge is 2.29. The molecule has 1 heterocycles. The van der Waals surface area contributed by atoms with E-state index in [2.05, 4.69) is 26.8 Å². The van der Waals surface area contributed by atoms with Crippen LogP contribution in [0.3, 0.4) is 0 Å². The molecule has 1 aliphatic rings. The molecule has 2 aromatic carbocycles. The number of carbonyl (C=O) groups excluding carboxylic acids is 2. The number of rotatable bonds is 29. The predicted octanol–water partition coefficient (Wildman–Crippen LogP) is 14.7. The van der Waals surface area contributed by atoms with Crippen molar-refractivity contribution in [3.8, 4) is 0 Å². The third-order valence-corrected chi connectivity index (χ3v) is 10.3. The molecule has 2 aromatic rings. The van der Waals surface area contributed by atoms with Crippen molar-refractivity contribution < 1.29 is 14.3 Å². The number of benzene rings is 2. The molecule has 0 N–H and O–H groups in total. The van der Waals surface area contributed by atoms with Crippen LogP contribution in [0.4, 0.5) is 0 Å². The van der Waals surface area contributed by atoms with Gasteiger partial charge in [0.05, 0.1) is 0 Å². The highest BCUT2D eigenvalue weighted by molar-refractivity contribution is 5.98. The lowest BCUT2D eigenvalue weighted by molar-refractivity contribution is -0.344. The lowest BCUT2D eigenvalue weighted by Crippen LogP contribution is -2.06. The van der Waals surface area contributed by atoms with Crippen LogP contribution in [0.5, 0.6) is 0 Å². The summed E-state index contributed by atoms with van der Waals surface area (Å²) < 4.78 is 1.29. The molecule has 0 amide bonds. The van der Waals surface area contributed by atoms with E-state index < -0.39 is 0 Å². The first-order valence-electron chi connectivity index (χ1n) is 20.7. The second-order valence-corrected chi connectivity index (χ2v) is 14.7. The molecule has 0 atom stereocenters. The molecule has 0 aromatic heterocycles. The highest BCUT2D eigenvalue weighted by atomic mass is 16.1. The standard InChI is InChI=1S/C46H68N2O2/c1-4-7-10-13-15-17-19-21-24-33-44(49)39-30-26-29-38(35-39)43-37-42(28-23-12-9-6-3)46(48(43)47)41-32-27-31-40(36-41)45(50)34-25-22-20-18-16-14-11-8-5-2/h26-27,29-32,35-37H,4-25,28,33-34H2,1-3H3. The van der Waals surface area contributed by atoms with E-state index in [1.54, 1.807) is 0 Å². The lowest BCUT2D eigenvalue weighted by Gasteiger charge is -2.11. The number of hydrogen-bond acceptors (Lipinski definition) is 2. The zero-order valence-corrected chi connectivity index (χ0v) is 32.1. The number of allylic oxidation sites excluding steroid dienone is 2. The summed E-state index contributed by atoms with van der Waals surface area (Å²) in [5.41, 5.74) is 17.3. The Morgan fingerprint density at radius 2 is 0.920 bits per heavy atom. The van der Waals surface area contributed by atoms with Crippen LogP contribution in [0.15, 0.2) is 60.2 Å². The molecule has 4 nitrogen and oxygen atoms in total. The molecular weight excluding hydrogens is 613 g/mol. The molecule has 50 heavy (non-hydrogen) atoms. The van der Waals surface area contributed by atoms with Crippen molar-refractivity contribution in [1.29, 1.82) is 0 Å². The van der Waals surface area contributed by atoms with Crippen molar-refractivity contribution in [2.45, 2.75) is 181 Å². The Morgan fingerprint density at radius 3 is 1.40 bits per heavy atom. The number of unbranched alkanes of at least 4 members (excludes halogenated alkanes) is 19. The third-order valence-electron chi connectivity index (χ3n) is 10.3. The van der Waals surface area contributed by atoms with Gasteiger partial charge in [0, 0.05) is 46.7 Å². The van der Waals surface area contributed by atoms with Crippen molar-refractivity contribution in [3.05, 3.63) is 88.0 Å². The van der Waals surface area contributed by atoms with Crippen LogP contribution in [0, 0.1) is 0 Å². The summed E-state index contributed by atoms with van der Waals surface area (Å²) in [4.78, 5) is 26.4. The van der Waals surface area contributed by atoms with Gasteiger partial charge in [0.15, 0.2) is 11.6 Å². The van der Waals surface area contributed by atoms with Crippen molar-refractivity contribution in [2.75, 3.05) is 0 Å². The van der Waals surface area contributed by atoms with E-state index in [1.165, 1.54) is 107 Å². The maximum Gasteiger partial charge on any atom is 0.210 e. The van der Waals surface area contributed by atoms with E-state index in [1.807, 2.05) is 48.5 Å². The minimum Gasteiger partial charge on any atom is -0.493 e. The Balaban J connectivity index is 1.63. The molecule has 0 fully saturated rings. The predicted molar refractivity (Wildman–Crippen MR) is 213 cm³/mol.